The first kappa shape index (κ1) is 13.7. The molecular formula is C11H18N2O4. The van der Waals surface area contributed by atoms with Crippen molar-refractivity contribution < 1.29 is 19.1 Å². The van der Waals surface area contributed by atoms with Crippen molar-refractivity contribution in [3.05, 3.63) is 17.3 Å². The summed E-state index contributed by atoms with van der Waals surface area (Å²) < 4.78 is 10.2. The van der Waals surface area contributed by atoms with E-state index in [1.807, 2.05) is 0 Å². The van der Waals surface area contributed by atoms with Crippen molar-refractivity contribution in [2.24, 2.45) is 0 Å². The van der Waals surface area contributed by atoms with E-state index in [2.05, 4.69) is 4.98 Å². The lowest BCUT2D eigenvalue weighted by Crippen LogP contribution is -2.36. The molecule has 1 aromatic heterocycles. The van der Waals surface area contributed by atoms with E-state index in [0.29, 0.717) is 24.7 Å². The highest BCUT2D eigenvalue weighted by Crippen LogP contribution is 2.12. The maximum absolute atomic E-state index is 12.1. The summed E-state index contributed by atoms with van der Waals surface area (Å²) in [6, 6.07) is 0. The molecule has 1 aromatic rings. The van der Waals surface area contributed by atoms with Gasteiger partial charge in [-0.25, -0.2) is 4.98 Å². The van der Waals surface area contributed by atoms with Gasteiger partial charge in [-0.1, -0.05) is 0 Å². The molecule has 0 spiro atoms. The fourth-order valence-corrected chi connectivity index (χ4v) is 1.51. The van der Waals surface area contributed by atoms with Crippen molar-refractivity contribution in [3.8, 4) is 0 Å². The number of aromatic nitrogens is 1. The number of carbonyl (C=O) groups is 1. The van der Waals surface area contributed by atoms with Crippen molar-refractivity contribution in [2.45, 2.75) is 13.8 Å². The van der Waals surface area contributed by atoms with Crippen LogP contribution < -0.4 is 0 Å². The molecule has 6 heteroatoms. The Kier molecular flexibility index (Phi) is 5.11. The zero-order valence-electron chi connectivity index (χ0n) is 10.4. The Bertz CT molecular complexity index is 376. The molecular weight excluding hydrogens is 224 g/mol. The Morgan fingerprint density at radius 3 is 2.65 bits per heavy atom. The summed E-state index contributed by atoms with van der Waals surface area (Å²) >= 11 is 0. The number of hydrogen-bond acceptors (Lipinski definition) is 5. The van der Waals surface area contributed by atoms with E-state index in [0.717, 1.165) is 0 Å². The Labute approximate surface area is 100 Å². The molecule has 0 bridgehead atoms. The standard InChI is InChI=1S/C11H18N2O4/c1-8-10(17-9(2)12-8)11(15)13(4-6-14)5-7-16-3/h14H,4-7H2,1-3H3. The van der Waals surface area contributed by atoms with Gasteiger partial charge in [0.25, 0.3) is 5.91 Å². The van der Waals surface area contributed by atoms with Crippen LogP contribution in [-0.2, 0) is 4.74 Å². The number of methoxy groups -OCH3 is 1. The topological polar surface area (TPSA) is 75.8 Å². The molecule has 0 aliphatic rings. The molecule has 1 amide bonds. The average molecular weight is 242 g/mol. The maximum Gasteiger partial charge on any atom is 0.291 e. The normalized spacial score (nSPS) is 10.6. The van der Waals surface area contributed by atoms with Gasteiger partial charge in [0.2, 0.25) is 5.76 Å². The van der Waals surface area contributed by atoms with E-state index in [1.165, 1.54) is 4.90 Å². The van der Waals surface area contributed by atoms with Gasteiger partial charge in [0.15, 0.2) is 5.89 Å². The van der Waals surface area contributed by atoms with E-state index in [1.54, 1.807) is 21.0 Å². The van der Waals surface area contributed by atoms with Crippen LogP contribution in [0.5, 0.6) is 0 Å². The Hall–Kier alpha value is -1.40. The molecule has 1 N–H and O–H groups in total. The molecule has 6 nitrogen and oxygen atoms in total. The first-order chi connectivity index (χ1) is 8.10. The van der Waals surface area contributed by atoms with Gasteiger partial charge in [0.1, 0.15) is 0 Å². The summed E-state index contributed by atoms with van der Waals surface area (Å²) in [5.41, 5.74) is 0.563. The minimum Gasteiger partial charge on any atom is -0.436 e. The summed E-state index contributed by atoms with van der Waals surface area (Å²) in [7, 11) is 1.56. The van der Waals surface area contributed by atoms with Crippen LogP contribution >= 0.6 is 0 Å². The van der Waals surface area contributed by atoms with Gasteiger partial charge >= 0.3 is 0 Å². The van der Waals surface area contributed by atoms with Crippen molar-refractivity contribution in [1.82, 2.24) is 9.88 Å². The van der Waals surface area contributed by atoms with Gasteiger partial charge in [-0.2, -0.15) is 0 Å². The van der Waals surface area contributed by atoms with Gasteiger partial charge in [-0.3, -0.25) is 4.79 Å². The highest BCUT2D eigenvalue weighted by Gasteiger charge is 2.21. The monoisotopic (exact) mass is 242 g/mol. The quantitative estimate of drug-likeness (QED) is 0.780. The summed E-state index contributed by atoms with van der Waals surface area (Å²) in [5, 5.41) is 8.93. The van der Waals surface area contributed by atoms with Crippen LogP contribution in [0.1, 0.15) is 22.1 Å². The number of aliphatic hydroxyl groups excluding tert-OH is 1. The minimum atomic E-state index is -0.269. The van der Waals surface area contributed by atoms with Crippen LogP contribution in [0.25, 0.3) is 0 Å². The number of ether oxygens (including phenoxy) is 1. The number of carbonyl (C=O) groups excluding carboxylic acids is 1. The summed E-state index contributed by atoms with van der Waals surface area (Å²) in [6.07, 6.45) is 0. The van der Waals surface area contributed by atoms with Crippen LogP contribution in [0, 0.1) is 13.8 Å². The summed E-state index contributed by atoms with van der Waals surface area (Å²) in [4.78, 5) is 17.6. The molecule has 0 atom stereocenters. The van der Waals surface area contributed by atoms with E-state index >= 15 is 0 Å². The fraction of sp³-hybridized carbons (Fsp3) is 0.636. The van der Waals surface area contributed by atoms with Gasteiger partial charge in [0.05, 0.1) is 18.9 Å². The third-order valence-corrected chi connectivity index (χ3v) is 2.32. The molecule has 0 aromatic carbocycles. The van der Waals surface area contributed by atoms with Gasteiger partial charge < -0.3 is 19.2 Å². The first-order valence-corrected chi connectivity index (χ1v) is 5.43. The summed E-state index contributed by atoms with van der Waals surface area (Å²) in [6.45, 7) is 4.39. The minimum absolute atomic E-state index is 0.0956. The Balaban J connectivity index is 2.79. The molecule has 0 unspecified atom stereocenters. The second-order valence-electron chi connectivity index (χ2n) is 3.66. The predicted molar refractivity (Wildman–Crippen MR) is 60.8 cm³/mol. The van der Waals surface area contributed by atoms with E-state index < -0.39 is 0 Å². The van der Waals surface area contributed by atoms with Crippen LogP contribution in [-0.4, -0.2) is 54.3 Å². The van der Waals surface area contributed by atoms with E-state index in [9.17, 15) is 4.79 Å². The van der Waals surface area contributed by atoms with Crippen molar-refractivity contribution in [3.63, 3.8) is 0 Å². The third-order valence-electron chi connectivity index (χ3n) is 2.32. The zero-order valence-corrected chi connectivity index (χ0v) is 10.4. The molecule has 0 saturated heterocycles. The third kappa shape index (κ3) is 3.54. The van der Waals surface area contributed by atoms with Crippen molar-refractivity contribution in [2.75, 3.05) is 33.4 Å². The number of amides is 1. The van der Waals surface area contributed by atoms with Crippen LogP contribution in [0.2, 0.25) is 0 Å². The molecule has 1 rings (SSSR count). The van der Waals surface area contributed by atoms with Crippen molar-refractivity contribution in [1.29, 1.82) is 0 Å². The van der Waals surface area contributed by atoms with E-state index in [4.69, 9.17) is 14.3 Å². The van der Waals surface area contributed by atoms with E-state index in [-0.39, 0.29) is 24.8 Å². The molecule has 17 heavy (non-hydrogen) atoms. The lowest BCUT2D eigenvalue weighted by Gasteiger charge is -2.20. The molecule has 1 heterocycles. The molecule has 96 valence electrons. The molecule has 0 fully saturated rings. The Morgan fingerprint density at radius 2 is 2.18 bits per heavy atom. The largest absolute Gasteiger partial charge is 0.436 e. The number of rotatable bonds is 6. The highest BCUT2D eigenvalue weighted by molar-refractivity contribution is 5.92. The second kappa shape index (κ2) is 6.36. The average Bonchev–Trinajstić information content (AvgIpc) is 2.63. The number of hydrogen-bond donors (Lipinski definition) is 1. The summed E-state index contributed by atoms with van der Waals surface area (Å²) in [5.74, 6) is 0.419. The van der Waals surface area contributed by atoms with Gasteiger partial charge in [-0.15, -0.1) is 0 Å². The number of aryl methyl sites for hydroxylation is 2. The maximum atomic E-state index is 12.1. The fourth-order valence-electron chi connectivity index (χ4n) is 1.51. The number of nitrogens with zero attached hydrogens (tertiary/aromatic N) is 2. The predicted octanol–water partition coefficient (Wildman–Crippen LogP) is 0.372. The molecule has 0 aliphatic heterocycles. The number of aliphatic hydroxyl groups is 1. The number of oxazole rings is 1. The van der Waals surface area contributed by atoms with Crippen LogP contribution in [0.3, 0.4) is 0 Å². The first-order valence-electron chi connectivity index (χ1n) is 5.43. The lowest BCUT2D eigenvalue weighted by molar-refractivity contribution is 0.0624. The van der Waals surface area contributed by atoms with Crippen LogP contribution in [0.4, 0.5) is 0 Å². The van der Waals surface area contributed by atoms with Crippen molar-refractivity contribution >= 4 is 5.91 Å². The molecule has 0 radical (unpaired) electrons. The Morgan fingerprint density at radius 1 is 1.47 bits per heavy atom. The zero-order chi connectivity index (χ0) is 12.8. The SMILES string of the molecule is COCCN(CCO)C(=O)c1oc(C)nc1C. The van der Waals surface area contributed by atoms with Gasteiger partial charge in [0, 0.05) is 27.1 Å². The highest BCUT2D eigenvalue weighted by atomic mass is 16.5. The smallest absolute Gasteiger partial charge is 0.291 e. The van der Waals surface area contributed by atoms with Gasteiger partial charge in [-0.05, 0) is 6.92 Å². The molecule has 0 aliphatic carbocycles. The molecule has 0 saturated carbocycles. The second-order valence-corrected chi connectivity index (χ2v) is 3.66. The van der Waals surface area contributed by atoms with Crippen LogP contribution in [0.15, 0.2) is 4.42 Å². The lowest BCUT2D eigenvalue weighted by atomic mass is 10.3.